The van der Waals surface area contributed by atoms with Crippen LogP contribution in [0, 0.1) is 12.8 Å². The van der Waals surface area contributed by atoms with Crippen molar-refractivity contribution in [3.8, 4) is 0 Å². The molecular formula is C15H26N4. The number of aromatic nitrogens is 2. The second-order valence-corrected chi connectivity index (χ2v) is 5.49. The number of rotatable bonds is 7. The van der Waals surface area contributed by atoms with Crippen molar-refractivity contribution in [1.29, 1.82) is 0 Å². The fourth-order valence-electron chi connectivity index (χ4n) is 2.38. The van der Waals surface area contributed by atoms with Crippen LogP contribution in [0.25, 0.3) is 0 Å². The molecule has 0 aliphatic heterocycles. The molecule has 4 nitrogen and oxygen atoms in total. The molecule has 1 heterocycles. The summed E-state index contributed by atoms with van der Waals surface area (Å²) in [6, 6.07) is 0.538. The first kappa shape index (κ1) is 14.1. The summed E-state index contributed by atoms with van der Waals surface area (Å²) in [5.41, 5.74) is 1.12. The normalized spacial score (nSPS) is 16.2. The molecule has 1 aromatic rings. The van der Waals surface area contributed by atoms with Crippen molar-refractivity contribution in [2.24, 2.45) is 5.92 Å². The first-order valence-electron chi connectivity index (χ1n) is 7.49. The molecule has 2 rings (SSSR count). The lowest BCUT2D eigenvalue weighted by atomic mass is 10.1. The minimum Gasteiger partial charge on any atom is -0.373 e. The Kier molecular flexibility index (Phi) is 4.61. The third-order valence-corrected chi connectivity index (χ3v) is 3.89. The SMILES string of the molecule is CCc1nc(NC)c(C)c(NC(CC)CC2CC2)n1. The summed E-state index contributed by atoms with van der Waals surface area (Å²) in [5.74, 6) is 3.78. The average molecular weight is 262 g/mol. The lowest BCUT2D eigenvalue weighted by Gasteiger charge is -2.20. The molecule has 1 unspecified atom stereocenters. The van der Waals surface area contributed by atoms with Crippen molar-refractivity contribution in [3.63, 3.8) is 0 Å². The highest BCUT2D eigenvalue weighted by molar-refractivity contribution is 5.57. The van der Waals surface area contributed by atoms with Gasteiger partial charge < -0.3 is 10.6 Å². The Balaban J connectivity index is 2.16. The van der Waals surface area contributed by atoms with Crippen molar-refractivity contribution in [2.75, 3.05) is 17.7 Å². The summed E-state index contributed by atoms with van der Waals surface area (Å²) in [4.78, 5) is 9.17. The van der Waals surface area contributed by atoms with E-state index in [4.69, 9.17) is 0 Å². The molecule has 1 fully saturated rings. The van der Waals surface area contributed by atoms with Gasteiger partial charge in [-0.1, -0.05) is 26.7 Å². The van der Waals surface area contributed by atoms with E-state index in [0.717, 1.165) is 41.8 Å². The van der Waals surface area contributed by atoms with Gasteiger partial charge in [0.15, 0.2) is 0 Å². The Hall–Kier alpha value is -1.32. The fourth-order valence-corrected chi connectivity index (χ4v) is 2.38. The largest absolute Gasteiger partial charge is 0.373 e. The highest BCUT2D eigenvalue weighted by atomic mass is 15.1. The van der Waals surface area contributed by atoms with E-state index < -0.39 is 0 Å². The second kappa shape index (κ2) is 6.22. The van der Waals surface area contributed by atoms with Gasteiger partial charge in [-0.2, -0.15) is 0 Å². The van der Waals surface area contributed by atoms with Crippen LogP contribution in [-0.4, -0.2) is 23.1 Å². The number of nitrogens with zero attached hydrogens (tertiary/aromatic N) is 2. The van der Waals surface area contributed by atoms with Crippen molar-refractivity contribution in [3.05, 3.63) is 11.4 Å². The highest BCUT2D eigenvalue weighted by Crippen LogP contribution is 2.35. The summed E-state index contributed by atoms with van der Waals surface area (Å²) in [7, 11) is 1.92. The predicted molar refractivity (Wildman–Crippen MR) is 80.7 cm³/mol. The van der Waals surface area contributed by atoms with Crippen LogP contribution < -0.4 is 10.6 Å². The molecule has 0 amide bonds. The van der Waals surface area contributed by atoms with E-state index in [-0.39, 0.29) is 0 Å². The summed E-state index contributed by atoms with van der Waals surface area (Å²) >= 11 is 0. The third-order valence-electron chi connectivity index (χ3n) is 3.89. The third kappa shape index (κ3) is 3.58. The molecule has 19 heavy (non-hydrogen) atoms. The number of nitrogens with one attached hydrogen (secondary N) is 2. The lowest BCUT2D eigenvalue weighted by Crippen LogP contribution is -2.21. The van der Waals surface area contributed by atoms with E-state index >= 15 is 0 Å². The van der Waals surface area contributed by atoms with Gasteiger partial charge in [-0.25, -0.2) is 9.97 Å². The van der Waals surface area contributed by atoms with E-state index in [1.165, 1.54) is 19.3 Å². The molecular weight excluding hydrogens is 236 g/mol. The molecule has 1 atom stereocenters. The van der Waals surface area contributed by atoms with Crippen LogP contribution in [-0.2, 0) is 6.42 Å². The van der Waals surface area contributed by atoms with Crippen LogP contribution in [0.3, 0.4) is 0 Å². The number of hydrogen-bond donors (Lipinski definition) is 2. The fraction of sp³-hybridized carbons (Fsp3) is 0.733. The van der Waals surface area contributed by atoms with Crippen LogP contribution in [0.15, 0.2) is 0 Å². The van der Waals surface area contributed by atoms with Gasteiger partial charge >= 0.3 is 0 Å². The van der Waals surface area contributed by atoms with Crippen LogP contribution in [0.1, 0.15) is 50.9 Å². The van der Waals surface area contributed by atoms with Crippen LogP contribution >= 0.6 is 0 Å². The van der Waals surface area contributed by atoms with Crippen molar-refractivity contribution >= 4 is 11.6 Å². The molecule has 1 aliphatic rings. The van der Waals surface area contributed by atoms with E-state index in [9.17, 15) is 0 Å². The Bertz CT molecular complexity index is 426. The topological polar surface area (TPSA) is 49.8 Å². The molecule has 0 radical (unpaired) electrons. The van der Waals surface area contributed by atoms with Crippen molar-refractivity contribution < 1.29 is 0 Å². The van der Waals surface area contributed by atoms with E-state index in [1.54, 1.807) is 0 Å². The molecule has 1 saturated carbocycles. The zero-order valence-electron chi connectivity index (χ0n) is 12.6. The molecule has 0 spiro atoms. The molecule has 106 valence electrons. The Labute approximate surface area is 116 Å². The minimum absolute atomic E-state index is 0.538. The summed E-state index contributed by atoms with van der Waals surface area (Å²) in [6.07, 6.45) is 6.10. The van der Waals surface area contributed by atoms with Crippen molar-refractivity contribution in [2.45, 2.75) is 58.9 Å². The highest BCUT2D eigenvalue weighted by Gasteiger charge is 2.25. The van der Waals surface area contributed by atoms with Gasteiger partial charge in [0.25, 0.3) is 0 Å². The summed E-state index contributed by atoms with van der Waals surface area (Å²) < 4.78 is 0. The number of hydrogen-bond acceptors (Lipinski definition) is 4. The second-order valence-electron chi connectivity index (χ2n) is 5.49. The Morgan fingerprint density at radius 3 is 2.42 bits per heavy atom. The maximum Gasteiger partial charge on any atom is 0.134 e. The zero-order chi connectivity index (χ0) is 13.8. The van der Waals surface area contributed by atoms with Gasteiger partial charge in [0.1, 0.15) is 17.5 Å². The lowest BCUT2D eigenvalue weighted by molar-refractivity contribution is 0.584. The Morgan fingerprint density at radius 1 is 1.21 bits per heavy atom. The smallest absolute Gasteiger partial charge is 0.134 e. The monoisotopic (exact) mass is 262 g/mol. The molecule has 4 heteroatoms. The first-order valence-corrected chi connectivity index (χ1v) is 7.49. The van der Waals surface area contributed by atoms with Gasteiger partial charge in [-0.3, -0.25) is 0 Å². The van der Waals surface area contributed by atoms with Crippen LogP contribution in [0.2, 0.25) is 0 Å². The molecule has 1 aliphatic carbocycles. The van der Waals surface area contributed by atoms with Crippen LogP contribution in [0.5, 0.6) is 0 Å². The summed E-state index contributed by atoms with van der Waals surface area (Å²) in [5, 5.41) is 6.79. The maximum absolute atomic E-state index is 4.65. The van der Waals surface area contributed by atoms with E-state index in [1.807, 2.05) is 7.05 Å². The van der Waals surface area contributed by atoms with Crippen molar-refractivity contribution in [1.82, 2.24) is 9.97 Å². The van der Waals surface area contributed by atoms with Crippen LogP contribution in [0.4, 0.5) is 11.6 Å². The first-order chi connectivity index (χ1) is 9.17. The predicted octanol–water partition coefficient (Wildman–Crippen LogP) is 3.38. The van der Waals surface area contributed by atoms with E-state index in [0.29, 0.717) is 6.04 Å². The molecule has 1 aromatic heterocycles. The van der Waals surface area contributed by atoms with Gasteiger partial charge in [0.05, 0.1) is 0 Å². The maximum atomic E-state index is 4.65. The van der Waals surface area contributed by atoms with Gasteiger partial charge in [0, 0.05) is 25.1 Å². The van der Waals surface area contributed by atoms with Gasteiger partial charge in [-0.15, -0.1) is 0 Å². The minimum atomic E-state index is 0.538. The molecule has 0 saturated heterocycles. The van der Waals surface area contributed by atoms with Gasteiger partial charge in [0.2, 0.25) is 0 Å². The average Bonchev–Trinajstić information content (AvgIpc) is 3.24. The molecule has 2 N–H and O–H groups in total. The van der Waals surface area contributed by atoms with E-state index in [2.05, 4.69) is 41.4 Å². The Morgan fingerprint density at radius 2 is 1.89 bits per heavy atom. The number of aryl methyl sites for hydroxylation is 1. The number of anilines is 2. The summed E-state index contributed by atoms with van der Waals surface area (Å²) in [6.45, 7) is 6.42. The standard InChI is InChI=1S/C15H26N4/c1-5-12(9-11-7-8-11)17-15-10(3)14(16-4)18-13(6-2)19-15/h11-12H,5-9H2,1-4H3,(H2,16,17,18,19). The molecule has 0 aromatic carbocycles. The zero-order valence-corrected chi connectivity index (χ0v) is 12.6. The van der Waals surface area contributed by atoms with Gasteiger partial charge in [-0.05, 0) is 25.7 Å². The molecule has 0 bridgehead atoms. The quantitative estimate of drug-likeness (QED) is 0.791.